The standard InChI is InChI=1S/C32H27N5O5/c1-41-28-16-21-24(13-14-33-25(21)17-29(28)42-2)35-19-11-12-30(34-18-19)36-31(39)23-15-22-26(9-6-10-27(22)38)37(32(23)40)20-7-4-3-5-8-20/h3-5,7-8,11-18H,6,9-10H2,1-2H3,(H,33,35)(H,34,36,39). The van der Waals surface area contributed by atoms with E-state index in [0.29, 0.717) is 53.4 Å². The summed E-state index contributed by atoms with van der Waals surface area (Å²) in [7, 11) is 3.14. The third-order valence-electron chi connectivity index (χ3n) is 7.21. The first-order chi connectivity index (χ1) is 20.5. The van der Waals surface area contributed by atoms with Gasteiger partial charge in [-0.25, -0.2) is 4.98 Å². The lowest BCUT2D eigenvalue weighted by Gasteiger charge is -2.21. The summed E-state index contributed by atoms with van der Waals surface area (Å²) in [6, 6.07) is 19.3. The minimum Gasteiger partial charge on any atom is -0.493 e. The maximum absolute atomic E-state index is 13.6. The van der Waals surface area contributed by atoms with Crippen LogP contribution in [0.3, 0.4) is 0 Å². The Kier molecular flexibility index (Phi) is 7.10. The molecule has 0 radical (unpaired) electrons. The van der Waals surface area contributed by atoms with Gasteiger partial charge in [0.25, 0.3) is 11.5 Å². The van der Waals surface area contributed by atoms with Gasteiger partial charge in [-0.1, -0.05) is 18.2 Å². The average Bonchev–Trinajstić information content (AvgIpc) is 3.01. The van der Waals surface area contributed by atoms with Crippen LogP contribution in [0.5, 0.6) is 11.5 Å². The lowest BCUT2D eigenvalue weighted by Crippen LogP contribution is -2.33. The molecule has 0 spiro atoms. The van der Waals surface area contributed by atoms with E-state index < -0.39 is 11.5 Å². The fourth-order valence-corrected chi connectivity index (χ4v) is 5.17. The maximum Gasteiger partial charge on any atom is 0.268 e. The Morgan fingerprint density at radius 2 is 1.69 bits per heavy atom. The molecule has 5 aromatic rings. The molecule has 0 aliphatic heterocycles. The summed E-state index contributed by atoms with van der Waals surface area (Å²) in [5.74, 6) is 0.692. The van der Waals surface area contributed by atoms with E-state index in [4.69, 9.17) is 9.47 Å². The highest BCUT2D eigenvalue weighted by Crippen LogP contribution is 2.35. The van der Waals surface area contributed by atoms with Gasteiger partial charge in [-0.05, 0) is 55.3 Å². The lowest BCUT2D eigenvalue weighted by atomic mass is 9.92. The number of hydrogen-bond donors (Lipinski definition) is 2. The molecule has 0 fully saturated rings. The van der Waals surface area contributed by atoms with Crippen LogP contribution >= 0.6 is 0 Å². The molecule has 42 heavy (non-hydrogen) atoms. The Morgan fingerprint density at radius 1 is 0.905 bits per heavy atom. The molecule has 2 N–H and O–H groups in total. The van der Waals surface area contributed by atoms with E-state index >= 15 is 0 Å². The van der Waals surface area contributed by atoms with Crippen molar-refractivity contribution in [1.82, 2.24) is 14.5 Å². The van der Waals surface area contributed by atoms with Crippen LogP contribution in [0.1, 0.15) is 39.3 Å². The molecular formula is C32H27N5O5. The molecule has 0 bridgehead atoms. The Morgan fingerprint density at radius 3 is 2.43 bits per heavy atom. The Hall–Kier alpha value is -5.51. The van der Waals surface area contributed by atoms with Crippen LogP contribution in [-0.4, -0.2) is 40.4 Å². The zero-order valence-electron chi connectivity index (χ0n) is 23.0. The fourth-order valence-electron chi connectivity index (χ4n) is 5.17. The first-order valence-electron chi connectivity index (χ1n) is 13.4. The van der Waals surface area contributed by atoms with Crippen molar-refractivity contribution < 1.29 is 19.1 Å². The van der Waals surface area contributed by atoms with Gasteiger partial charge in [-0.3, -0.25) is 23.9 Å². The van der Waals surface area contributed by atoms with Gasteiger partial charge >= 0.3 is 0 Å². The molecule has 1 amide bonds. The molecule has 0 saturated carbocycles. The SMILES string of the molecule is COc1cc2nccc(Nc3ccc(NC(=O)c4cc5c(n(-c6ccccc6)c4=O)CCCC5=O)nc3)c2cc1OC. The molecule has 6 rings (SSSR count). The van der Waals surface area contributed by atoms with Crippen LogP contribution in [0.2, 0.25) is 0 Å². The van der Waals surface area contributed by atoms with Crippen molar-refractivity contribution in [3.8, 4) is 17.2 Å². The monoisotopic (exact) mass is 561 g/mol. The molecule has 0 atom stereocenters. The van der Waals surface area contributed by atoms with E-state index in [0.717, 1.165) is 16.6 Å². The molecule has 10 heteroatoms. The van der Waals surface area contributed by atoms with Crippen molar-refractivity contribution in [3.05, 3.63) is 106 Å². The van der Waals surface area contributed by atoms with Gasteiger partial charge in [0.1, 0.15) is 11.4 Å². The van der Waals surface area contributed by atoms with Crippen LogP contribution in [0.25, 0.3) is 16.6 Å². The largest absolute Gasteiger partial charge is 0.493 e. The first-order valence-corrected chi connectivity index (χ1v) is 13.4. The summed E-state index contributed by atoms with van der Waals surface area (Å²) in [5, 5.41) is 6.85. The molecule has 3 aromatic heterocycles. The number of carbonyl (C=O) groups is 2. The van der Waals surface area contributed by atoms with E-state index in [9.17, 15) is 14.4 Å². The number of nitrogens with zero attached hydrogens (tertiary/aromatic N) is 3. The van der Waals surface area contributed by atoms with Crippen molar-refractivity contribution in [1.29, 1.82) is 0 Å². The second-order valence-electron chi connectivity index (χ2n) is 9.77. The molecule has 210 valence electrons. The minimum absolute atomic E-state index is 0.0803. The quantitative estimate of drug-likeness (QED) is 0.274. The van der Waals surface area contributed by atoms with Crippen LogP contribution in [0.4, 0.5) is 17.2 Å². The summed E-state index contributed by atoms with van der Waals surface area (Å²) < 4.78 is 12.3. The van der Waals surface area contributed by atoms with E-state index in [1.165, 1.54) is 10.6 Å². The van der Waals surface area contributed by atoms with Gasteiger partial charge in [0.05, 0.1) is 31.6 Å². The first kappa shape index (κ1) is 26.7. The number of para-hydroxylation sites is 1. The number of hydrogen-bond acceptors (Lipinski definition) is 8. The molecule has 1 aliphatic carbocycles. The summed E-state index contributed by atoms with van der Waals surface area (Å²) in [6.07, 6.45) is 4.87. The van der Waals surface area contributed by atoms with Gasteiger partial charge in [0.15, 0.2) is 17.3 Å². The highest BCUT2D eigenvalue weighted by atomic mass is 16.5. The number of rotatable bonds is 7. The number of Topliss-reactive ketones (excluding diaryl/α,β-unsaturated/α-hetero) is 1. The molecular weight excluding hydrogens is 534 g/mol. The van der Waals surface area contributed by atoms with Crippen molar-refractivity contribution in [2.75, 3.05) is 24.9 Å². The maximum atomic E-state index is 13.6. The number of pyridine rings is 3. The van der Waals surface area contributed by atoms with Crippen LogP contribution in [0.15, 0.2) is 83.9 Å². The molecule has 1 aliphatic rings. The predicted molar refractivity (Wildman–Crippen MR) is 160 cm³/mol. The van der Waals surface area contributed by atoms with E-state index in [2.05, 4.69) is 20.6 Å². The molecule has 0 unspecified atom stereocenters. The zero-order chi connectivity index (χ0) is 29.2. The van der Waals surface area contributed by atoms with Crippen molar-refractivity contribution in [2.45, 2.75) is 19.3 Å². The highest BCUT2D eigenvalue weighted by Gasteiger charge is 2.26. The van der Waals surface area contributed by atoms with Gasteiger partial charge in [0.2, 0.25) is 0 Å². The van der Waals surface area contributed by atoms with E-state index in [1.807, 2.05) is 30.3 Å². The summed E-state index contributed by atoms with van der Waals surface area (Å²) in [4.78, 5) is 48.4. The Balaban J connectivity index is 1.27. The topological polar surface area (TPSA) is 124 Å². The van der Waals surface area contributed by atoms with Gasteiger partial charge in [-0.2, -0.15) is 0 Å². The number of aromatic nitrogens is 3. The van der Waals surface area contributed by atoms with Crippen molar-refractivity contribution in [3.63, 3.8) is 0 Å². The fraction of sp³-hybridized carbons (Fsp3) is 0.156. The average molecular weight is 562 g/mol. The Bertz CT molecular complexity index is 1880. The van der Waals surface area contributed by atoms with Crippen molar-refractivity contribution in [2.24, 2.45) is 0 Å². The number of amides is 1. The number of ether oxygens (including phenoxy) is 2. The second kappa shape index (κ2) is 11.2. The van der Waals surface area contributed by atoms with Gasteiger partial charge in [-0.15, -0.1) is 0 Å². The summed E-state index contributed by atoms with van der Waals surface area (Å²) in [5.41, 5.74) is 3.20. The van der Waals surface area contributed by atoms with Gasteiger partial charge < -0.3 is 20.1 Å². The molecule has 3 heterocycles. The Labute approximate surface area is 241 Å². The van der Waals surface area contributed by atoms with E-state index in [1.54, 1.807) is 56.9 Å². The lowest BCUT2D eigenvalue weighted by molar-refractivity contribution is 0.0971. The number of carbonyl (C=O) groups excluding carboxylic acids is 2. The third-order valence-corrected chi connectivity index (χ3v) is 7.21. The predicted octanol–water partition coefficient (Wildman–Crippen LogP) is 5.31. The molecule has 0 saturated heterocycles. The summed E-state index contributed by atoms with van der Waals surface area (Å²) in [6.45, 7) is 0. The van der Waals surface area contributed by atoms with Crippen molar-refractivity contribution >= 4 is 39.8 Å². The normalized spacial score (nSPS) is 12.5. The van der Waals surface area contributed by atoms with Gasteiger partial charge in [0, 0.05) is 46.7 Å². The number of methoxy groups -OCH3 is 2. The summed E-state index contributed by atoms with van der Waals surface area (Å²) >= 11 is 0. The van der Waals surface area contributed by atoms with Crippen LogP contribution in [-0.2, 0) is 6.42 Å². The number of fused-ring (bicyclic) bond motifs is 2. The molecule has 10 nitrogen and oxygen atoms in total. The number of ketones is 1. The number of benzene rings is 2. The number of anilines is 3. The minimum atomic E-state index is -0.639. The number of nitrogens with one attached hydrogen (secondary N) is 2. The van der Waals surface area contributed by atoms with Crippen LogP contribution < -0.4 is 25.7 Å². The van der Waals surface area contributed by atoms with Crippen LogP contribution in [0, 0.1) is 0 Å². The second-order valence-corrected chi connectivity index (χ2v) is 9.77. The molecule has 2 aromatic carbocycles. The third kappa shape index (κ3) is 4.94. The smallest absolute Gasteiger partial charge is 0.268 e. The zero-order valence-corrected chi connectivity index (χ0v) is 23.0. The van der Waals surface area contributed by atoms with E-state index in [-0.39, 0.29) is 17.2 Å². The highest BCUT2D eigenvalue weighted by molar-refractivity contribution is 6.06.